The van der Waals surface area contributed by atoms with Gasteiger partial charge in [0, 0.05) is 5.92 Å². The number of aliphatic hydroxyl groups excluding tert-OH is 2. The van der Waals surface area contributed by atoms with Gasteiger partial charge in [0.25, 0.3) is 0 Å². The topological polar surface area (TPSA) is 58.9 Å². The van der Waals surface area contributed by atoms with Crippen LogP contribution < -0.4 is 9.47 Å². The molecule has 266 valence electrons. The van der Waals surface area contributed by atoms with Crippen molar-refractivity contribution in [3.8, 4) is 33.8 Å². The Morgan fingerprint density at radius 2 is 1.17 bits per heavy atom. The van der Waals surface area contributed by atoms with Gasteiger partial charge in [-0.05, 0) is 114 Å². The Bertz CT molecular complexity index is 2440. The van der Waals surface area contributed by atoms with Crippen LogP contribution in [0.3, 0.4) is 0 Å². The third-order valence-corrected chi connectivity index (χ3v) is 11.4. The van der Waals surface area contributed by atoms with Gasteiger partial charge in [0.05, 0.1) is 18.6 Å². The largest absolute Gasteiger partial charge is 0.491 e. The lowest BCUT2D eigenvalue weighted by atomic mass is 9.67. The van der Waals surface area contributed by atoms with Crippen LogP contribution in [0.15, 0.2) is 158 Å². The Kier molecular flexibility index (Phi) is 8.86. The number of ether oxygens (including phenoxy) is 2. The van der Waals surface area contributed by atoms with Crippen LogP contribution in [0.25, 0.3) is 39.1 Å². The van der Waals surface area contributed by atoms with Crippen LogP contribution in [0, 0.1) is 0 Å². The number of hydrogen-bond donors (Lipinski definition) is 2. The highest BCUT2D eigenvalue weighted by atomic mass is 16.5. The van der Waals surface area contributed by atoms with E-state index < -0.39 is 5.41 Å². The van der Waals surface area contributed by atoms with Crippen molar-refractivity contribution in [1.82, 2.24) is 0 Å². The molecule has 2 aliphatic carbocycles. The number of fused-ring (bicyclic) bond motifs is 5. The number of rotatable bonds is 10. The van der Waals surface area contributed by atoms with Crippen molar-refractivity contribution in [2.75, 3.05) is 26.4 Å². The molecule has 0 fully saturated rings. The summed E-state index contributed by atoms with van der Waals surface area (Å²) in [7, 11) is 0. The highest BCUT2D eigenvalue weighted by Gasteiger charge is 2.46. The maximum atomic E-state index is 9.38. The fourth-order valence-corrected chi connectivity index (χ4v) is 8.87. The third-order valence-electron chi connectivity index (χ3n) is 11.4. The Labute approximate surface area is 316 Å². The monoisotopic (exact) mass is 706 g/mol. The number of hydrogen-bond acceptors (Lipinski definition) is 4. The predicted octanol–water partition coefficient (Wildman–Crippen LogP) is 10.5. The molecule has 0 bridgehead atoms. The third kappa shape index (κ3) is 5.70. The summed E-state index contributed by atoms with van der Waals surface area (Å²) >= 11 is 0. The highest BCUT2D eigenvalue weighted by molar-refractivity contribution is 5.89. The minimum atomic E-state index is -0.622. The maximum absolute atomic E-state index is 9.38. The molecular weight excluding hydrogens is 665 g/mol. The van der Waals surface area contributed by atoms with E-state index in [0.717, 1.165) is 28.2 Å². The molecule has 2 aliphatic rings. The maximum Gasteiger partial charge on any atom is 0.119 e. The first-order chi connectivity index (χ1) is 26.6. The van der Waals surface area contributed by atoms with Gasteiger partial charge in [0.2, 0.25) is 0 Å². The fourth-order valence-electron chi connectivity index (χ4n) is 8.87. The van der Waals surface area contributed by atoms with Crippen molar-refractivity contribution in [2.45, 2.75) is 24.2 Å². The van der Waals surface area contributed by atoms with Crippen LogP contribution in [0.4, 0.5) is 0 Å². The molecule has 2 N–H and O–H groups in total. The van der Waals surface area contributed by atoms with Gasteiger partial charge < -0.3 is 19.7 Å². The summed E-state index contributed by atoms with van der Waals surface area (Å²) in [6.45, 7) is 2.76. The second-order valence-corrected chi connectivity index (χ2v) is 14.4. The van der Waals surface area contributed by atoms with Gasteiger partial charge in [-0.15, -0.1) is 0 Å². The SMILES string of the molecule is CC1c2ccc(-c3ccc4c(c3)C(c3ccc(OCCO)cc3)(c3ccc(OCCO)cc3)c3ccccc3-4)cc2C=CC1c1ccc2ccccc2c1. The molecule has 7 aromatic rings. The van der Waals surface area contributed by atoms with Crippen LogP contribution in [0.2, 0.25) is 0 Å². The van der Waals surface area contributed by atoms with Gasteiger partial charge in [0.15, 0.2) is 0 Å². The van der Waals surface area contributed by atoms with Crippen LogP contribution in [-0.2, 0) is 5.41 Å². The first kappa shape index (κ1) is 33.9. The molecular formula is C50H42O4. The zero-order chi connectivity index (χ0) is 36.6. The second-order valence-electron chi connectivity index (χ2n) is 14.4. The normalized spacial score (nSPS) is 16.4. The summed E-state index contributed by atoms with van der Waals surface area (Å²) in [6.07, 6.45) is 4.69. The summed E-state index contributed by atoms with van der Waals surface area (Å²) in [5, 5.41) is 21.3. The van der Waals surface area contributed by atoms with Crippen LogP contribution in [0.5, 0.6) is 11.5 Å². The highest BCUT2D eigenvalue weighted by Crippen LogP contribution is 2.57. The van der Waals surface area contributed by atoms with Gasteiger partial charge in [-0.2, -0.15) is 0 Å². The Morgan fingerprint density at radius 1 is 0.556 bits per heavy atom. The molecule has 4 heteroatoms. The minimum Gasteiger partial charge on any atom is -0.491 e. The molecule has 2 unspecified atom stereocenters. The lowest BCUT2D eigenvalue weighted by molar-refractivity contribution is 0.201. The minimum absolute atomic E-state index is 0.0393. The van der Waals surface area contributed by atoms with E-state index in [1.54, 1.807) is 0 Å². The van der Waals surface area contributed by atoms with Gasteiger partial charge in [-0.3, -0.25) is 0 Å². The molecule has 0 heterocycles. The molecule has 54 heavy (non-hydrogen) atoms. The molecule has 0 saturated heterocycles. The average Bonchev–Trinajstić information content (AvgIpc) is 3.52. The van der Waals surface area contributed by atoms with Crippen LogP contribution >= 0.6 is 0 Å². The first-order valence-corrected chi connectivity index (χ1v) is 18.8. The zero-order valence-electron chi connectivity index (χ0n) is 30.3. The van der Waals surface area contributed by atoms with Crippen molar-refractivity contribution >= 4 is 16.8 Å². The number of aliphatic hydroxyl groups is 2. The van der Waals surface area contributed by atoms with Crippen molar-refractivity contribution in [1.29, 1.82) is 0 Å². The zero-order valence-corrected chi connectivity index (χ0v) is 30.3. The van der Waals surface area contributed by atoms with E-state index in [-0.39, 0.29) is 26.4 Å². The van der Waals surface area contributed by atoms with Crippen LogP contribution in [0.1, 0.15) is 57.7 Å². The van der Waals surface area contributed by atoms with E-state index in [0.29, 0.717) is 11.8 Å². The number of allylic oxidation sites excluding steroid dienone is 1. The van der Waals surface area contributed by atoms with E-state index in [4.69, 9.17) is 9.47 Å². The smallest absolute Gasteiger partial charge is 0.119 e. The molecule has 0 saturated carbocycles. The molecule has 0 aromatic heterocycles. The lowest BCUT2D eigenvalue weighted by Gasteiger charge is -2.34. The van der Waals surface area contributed by atoms with Gasteiger partial charge >= 0.3 is 0 Å². The molecule has 0 spiro atoms. The van der Waals surface area contributed by atoms with Crippen molar-refractivity contribution < 1.29 is 19.7 Å². The van der Waals surface area contributed by atoms with Crippen molar-refractivity contribution in [3.63, 3.8) is 0 Å². The summed E-state index contributed by atoms with van der Waals surface area (Å²) < 4.78 is 11.6. The van der Waals surface area contributed by atoms with Crippen molar-refractivity contribution in [3.05, 3.63) is 197 Å². The molecule has 9 rings (SSSR count). The van der Waals surface area contributed by atoms with Gasteiger partial charge in [-0.25, -0.2) is 0 Å². The predicted molar refractivity (Wildman–Crippen MR) is 218 cm³/mol. The lowest BCUT2D eigenvalue weighted by Crippen LogP contribution is -2.28. The first-order valence-electron chi connectivity index (χ1n) is 18.8. The van der Waals surface area contributed by atoms with Crippen LogP contribution in [-0.4, -0.2) is 36.6 Å². The average molecular weight is 707 g/mol. The molecule has 2 atom stereocenters. The standard InChI is InChI=1S/C50H42O4/c1-33-44-23-12-36(31-39(44)14-24-45(33)38-11-10-34-6-2-3-7-35(34)30-38)37-13-25-47-46-8-4-5-9-48(46)50(49(47)32-37,40-15-19-42(20-16-40)53-28-26-51)41-17-21-43(22-18-41)54-29-27-52/h2-25,30-33,45,51-52H,26-29H2,1H3. The molecule has 0 aliphatic heterocycles. The molecule has 0 amide bonds. The van der Waals surface area contributed by atoms with Crippen molar-refractivity contribution in [2.24, 2.45) is 0 Å². The summed E-state index contributed by atoms with van der Waals surface area (Å²) in [5.74, 6) is 2.09. The van der Waals surface area contributed by atoms with E-state index >= 15 is 0 Å². The molecule has 4 nitrogen and oxygen atoms in total. The van der Waals surface area contributed by atoms with E-state index in [2.05, 4.69) is 146 Å². The van der Waals surface area contributed by atoms with E-state index in [1.165, 1.54) is 55.3 Å². The summed E-state index contributed by atoms with van der Waals surface area (Å²) in [6, 6.07) is 54.7. The number of benzene rings is 7. The summed E-state index contributed by atoms with van der Waals surface area (Å²) in [5.41, 5.74) is 12.8. The Balaban J connectivity index is 1.15. The van der Waals surface area contributed by atoms with Gasteiger partial charge in [0.1, 0.15) is 24.7 Å². The molecule has 0 radical (unpaired) electrons. The summed E-state index contributed by atoms with van der Waals surface area (Å²) in [4.78, 5) is 0. The van der Waals surface area contributed by atoms with Gasteiger partial charge in [-0.1, -0.05) is 134 Å². The molecule has 7 aromatic carbocycles. The fraction of sp³-hybridized carbons (Fsp3) is 0.160. The Hall–Kier alpha value is -5.94. The van der Waals surface area contributed by atoms with E-state index in [9.17, 15) is 10.2 Å². The van der Waals surface area contributed by atoms with E-state index in [1.807, 2.05) is 24.3 Å². The Morgan fingerprint density at radius 3 is 1.87 bits per heavy atom. The quantitative estimate of drug-likeness (QED) is 0.149. The second kappa shape index (κ2) is 14.1.